The molecule has 3 heterocycles. The number of carbonyl (C=O) groups is 1. The predicted octanol–water partition coefficient (Wildman–Crippen LogP) is 5.24. The Hall–Kier alpha value is -3.13. The van der Waals surface area contributed by atoms with Gasteiger partial charge in [0.2, 0.25) is 0 Å². The SMILES string of the molecule is CCOc1cc(CN2CC3(CC(N4CCC(C)(C(=O)O)CC4)=NO3)C2)cc(C2CC2)c1-c1cccc(F)c1. The fraction of sp³-hybridized carbons (Fsp3) is 0.533. The summed E-state index contributed by atoms with van der Waals surface area (Å²) in [4.78, 5) is 22.1. The van der Waals surface area contributed by atoms with Crippen LogP contribution in [0.4, 0.5) is 4.39 Å². The molecule has 1 aliphatic carbocycles. The van der Waals surface area contributed by atoms with Crippen LogP contribution < -0.4 is 4.74 Å². The molecule has 1 saturated carbocycles. The molecule has 6 rings (SSSR count). The van der Waals surface area contributed by atoms with Crippen molar-refractivity contribution in [3.63, 3.8) is 0 Å². The number of nitrogens with zero attached hydrogens (tertiary/aromatic N) is 3. The van der Waals surface area contributed by atoms with Gasteiger partial charge in [-0.3, -0.25) is 9.69 Å². The second kappa shape index (κ2) is 9.56. The van der Waals surface area contributed by atoms with Gasteiger partial charge in [-0.15, -0.1) is 0 Å². The van der Waals surface area contributed by atoms with E-state index in [4.69, 9.17) is 9.57 Å². The Balaban J connectivity index is 1.12. The number of hydrogen-bond donors (Lipinski definition) is 1. The van der Waals surface area contributed by atoms with E-state index >= 15 is 0 Å². The normalized spacial score (nSPS) is 22.1. The maximum absolute atomic E-state index is 14.1. The predicted molar refractivity (Wildman–Crippen MR) is 143 cm³/mol. The minimum atomic E-state index is -0.714. The first kappa shape index (κ1) is 25.2. The topological polar surface area (TPSA) is 74.6 Å². The molecule has 0 atom stereocenters. The lowest BCUT2D eigenvalue weighted by Crippen LogP contribution is -2.61. The van der Waals surface area contributed by atoms with Crippen LogP contribution in [0, 0.1) is 11.2 Å². The second-order valence-electron chi connectivity index (χ2n) is 11.7. The Morgan fingerprint density at radius 1 is 1.21 bits per heavy atom. The van der Waals surface area contributed by atoms with Crippen molar-refractivity contribution < 1.29 is 23.9 Å². The zero-order valence-electron chi connectivity index (χ0n) is 22.2. The van der Waals surface area contributed by atoms with Gasteiger partial charge in [0, 0.05) is 38.3 Å². The Kier molecular flexibility index (Phi) is 6.33. The Morgan fingerprint density at radius 3 is 2.63 bits per heavy atom. The molecule has 1 N–H and O–H groups in total. The molecule has 7 nitrogen and oxygen atoms in total. The minimum Gasteiger partial charge on any atom is -0.493 e. The molecule has 3 fully saturated rings. The molecule has 2 saturated heterocycles. The third-order valence-corrected chi connectivity index (χ3v) is 8.63. The second-order valence-corrected chi connectivity index (χ2v) is 11.7. The molecule has 0 aromatic heterocycles. The number of aliphatic carboxylic acids is 1. The van der Waals surface area contributed by atoms with E-state index in [9.17, 15) is 14.3 Å². The average molecular weight is 522 g/mol. The first-order chi connectivity index (χ1) is 18.3. The molecule has 8 heteroatoms. The lowest BCUT2D eigenvalue weighted by molar-refractivity contribution is -0.150. The van der Waals surface area contributed by atoms with E-state index in [2.05, 4.69) is 27.1 Å². The van der Waals surface area contributed by atoms with Crippen molar-refractivity contribution >= 4 is 11.8 Å². The molecule has 0 radical (unpaired) electrons. The van der Waals surface area contributed by atoms with Gasteiger partial charge in [0.15, 0.2) is 5.60 Å². The number of hydrogen-bond acceptors (Lipinski definition) is 6. The summed E-state index contributed by atoms with van der Waals surface area (Å²) in [6.07, 6.45) is 4.32. The number of oxime groups is 1. The molecular weight excluding hydrogens is 485 g/mol. The molecule has 3 aliphatic heterocycles. The quantitative estimate of drug-likeness (QED) is 0.537. The maximum Gasteiger partial charge on any atom is 0.309 e. The summed E-state index contributed by atoms with van der Waals surface area (Å²) >= 11 is 0. The zero-order chi connectivity index (χ0) is 26.5. The van der Waals surface area contributed by atoms with E-state index < -0.39 is 11.4 Å². The molecule has 38 heavy (non-hydrogen) atoms. The zero-order valence-corrected chi connectivity index (χ0v) is 22.2. The van der Waals surface area contributed by atoms with Crippen LogP contribution in [0.1, 0.15) is 63.0 Å². The van der Waals surface area contributed by atoms with E-state index in [1.54, 1.807) is 12.1 Å². The first-order valence-corrected chi connectivity index (χ1v) is 13.8. The van der Waals surface area contributed by atoms with Crippen LogP contribution in [0.2, 0.25) is 0 Å². The van der Waals surface area contributed by atoms with Crippen LogP contribution in [0.25, 0.3) is 11.1 Å². The van der Waals surface area contributed by atoms with Gasteiger partial charge in [-0.25, -0.2) is 4.39 Å². The highest BCUT2D eigenvalue weighted by Crippen LogP contribution is 2.48. The molecule has 0 bridgehead atoms. The lowest BCUT2D eigenvalue weighted by atomic mass is 9.80. The highest BCUT2D eigenvalue weighted by molar-refractivity contribution is 5.85. The van der Waals surface area contributed by atoms with Gasteiger partial charge < -0.3 is 19.6 Å². The molecule has 202 valence electrons. The Labute approximate surface area is 223 Å². The molecule has 0 unspecified atom stereocenters. The Bertz CT molecular complexity index is 1260. The largest absolute Gasteiger partial charge is 0.493 e. The molecule has 0 amide bonds. The van der Waals surface area contributed by atoms with Crippen LogP contribution in [0.5, 0.6) is 5.75 Å². The summed E-state index contributed by atoms with van der Waals surface area (Å²) in [6, 6.07) is 11.2. The number of likely N-dealkylation sites (tertiary alicyclic amines) is 2. The van der Waals surface area contributed by atoms with Crippen molar-refractivity contribution in [2.45, 2.75) is 64.0 Å². The number of benzene rings is 2. The Morgan fingerprint density at radius 2 is 1.97 bits per heavy atom. The van der Waals surface area contributed by atoms with Crippen LogP contribution in [0.3, 0.4) is 0 Å². The molecular formula is C30H36FN3O4. The van der Waals surface area contributed by atoms with E-state index in [1.807, 2.05) is 19.9 Å². The first-order valence-electron chi connectivity index (χ1n) is 13.8. The summed E-state index contributed by atoms with van der Waals surface area (Å²) in [5.74, 6) is 1.33. The van der Waals surface area contributed by atoms with Crippen LogP contribution >= 0.6 is 0 Å². The van der Waals surface area contributed by atoms with Crippen molar-refractivity contribution in [2.24, 2.45) is 10.6 Å². The van der Waals surface area contributed by atoms with Crippen LogP contribution in [0.15, 0.2) is 41.6 Å². The van der Waals surface area contributed by atoms with E-state index in [-0.39, 0.29) is 11.4 Å². The summed E-state index contributed by atoms with van der Waals surface area (Å²) in [7, 11) is 0. The highest BCUT2D eigenvalue weighted by Gasteiger charge is 2.51. The average Bonchev–Trinajstić information content (AvgIpc) is 3.63. The smallest absolute Gasteiger partial charge is 0.309 e. The summed E-state index contributed by atoms with van der Waals surface area (Å²) in [5, 5.41) is 13.9. The minimum absolute atomic E-state index is 0.236. The van der Waals surface area contributed by atoms with Crippen LogP contribution in [-0.2, 0) is 16.2 Å². The maximum atomic E-state index is 14.1. The third-order valence-electron chi connectivity index (χ3n) is 8.63. The van der Waals surface area contributed by atoms with E-state index in [1.165, 1.54) is 17.2 Å². The highest BCUT2D eigenvalue weighted by atomic mass is 19.1. The van der Waals surface area contributed by atoms with Crippen molar-refractivity contribution in [1.29, 1.82) is 0 Å². The fourth-order valence-electron chi connectivity index (χ4n) is 6.18. The van der Waals surface area contributed by atoms with Gasteiger partial charge in [0.1, 0.15) is 17.4 Å². The monoisotopic (exact) mass is 521 g/mol. The summed E-state index contributed by atoms with van der Waals surface area (Å²) < 4.78 is 20.2. The van der Waals surface area contributed by atoms with Gasteiger partial charge in [-0.2, -0.15) is 0 Å². The van der Waals surface area contributed by atoms with Gasteiger partial charge in [0.05, 0.1) is 18.4 Å². The molecule has 4 aliphatic rings. The van der Waals surface area contributed by atoms with Gasteiger partial charge >= 0.3 is 5.97 Å². The third kappa shape index (κ3) is 4.75. The summed E-state index contributed by atoms with van der Waals surface area (Å²) in [5.41, 5.74) is 3.42. The van der Waals surface area contributed by atoms with Gasteiger partial charge in [0.25, 0.3) is 0 Å². The van der Waals surface area contributed by atoms with Gasteiger partial charge in [-0.05, 0) is 80.3 Å². The lowest BCUT2D eigenvalue weighted by Gasteiger charge is -2.45. The van der Waals surface area contributed by atoms with Crippen molar-refractivity contribution in [3.05, 3.63) is 53.3 Å². The van der Waals surface area contributed by atoms with Gasteiger partial charge in [-0.1, -0.05) is 23.4 Å². The van der Waals surface area contributed by atoms with Crippen LogP contribution in [-0.4, -0.2) is 65.1 Å². The molecule has 2 aromatic carbocycles. The summed E-state index contributed by atoms with van der Waals surface area (Å²) in [6.45, 7) is 8.17. The number of piperidine rings is 1. The number of ether oxygens (including phenoxy) is 1. The number of rotatable bonds is 7. The van der Waals surface area contributed by atoms with Crippen molar-refractivity contribution in [3.8, 4) is 16.9 Å². The van der Waals surface area contributed by atoms with Crippen molar-refractivity contribution in [1.82, 2.24) is 9.80 Å². The molecule has 1 spiro atoms. The van der Waals surface area contributed by atoms with E-state index in [0.29, 0.717) is 38.5 Å². The number of carboxylic acids is 1. The number of amidine groups is 1. The fourth-order valence-corrected chi connectivity index (χ4v) is 6.18. The standard InChI is InChI=1S/C30H36FN3O4/c1-3-37-25-14-20(13-24(21-7-8-21)27(25)22-5-4-6-23(31)15-22)17-33-18-30(19-33)16-26(32-38-30)34-11-9-29(2,10-12-34)28(35)36/h4-6,13-15,21H,3,7-12,16-19H2,1-2H3,(H,35,36). The molecule has 2 aromatic rings. The van der Waals surface area contributed by atoms with Crippen molar-refractivity contribution in [2.75, 3.05) is 32.8 Å². The number of halogens is 1. The van der Waals surface area contributed by atoms with E-state index in [0.717, 1.165) is 61.6 Å². The number of carboxylic acid groups (broad SMARTS) is 1.